The Kier molecular flexibility index (Phi) is 7.09. The lowest BCUT2D eigenvalue weighted by atomic mass is 9.91. The van der Waals surface area contributed by atoms with Gasteiger partial charge in [0.25, 0.3) is 0 Å². The number of pyridine rings is 1. The number of furan rings is 1. The zero-order valence-electron chi connectivity index (χ0n) is 22.3. The van der Waals surface area contributed by atoms with Gasteiger partial charge in [-0.1, -0.05) is 11.6 Å². The number of fused-ring (bicyclic) bond motifs is 1. The highest BCUT2D eigenvalue weighted by molar-refractivity contribution is 6.30. The van der Waals surface area contributed by atoms with Crippen LogP contribution in [-0.4, -0.2) is 59.9 Å². The summed E-state index contributed by atoms with van der Waals surface area (Å²) in [7, 11) is 1.80. The SMILES string of the molecule is Cn1ncn1-c1ccc(Cl)cc1/C=C/C(=O)N1CC[C@H](c2ccncc2)C1C(=O)Nc1ccc2oc(C(=O)O)cc2c1. The summed E-state index contributed by atoms with van der Waals surface area (Å²) in [6.45, 7) is 0.376. The fourth-order valence-electron chi connectivity index (χ4n) is 5.32. The fourth-order valence-corrected chi connectivity index (χ4v) is 5.50. The van der Waals surface area contributed by atoms with E-state index in [4.69, 9.17) is 16.0 Å². The summed E-state index contributed by atoms with van der Waals surface area (Å²) in [6, 6.07) is 14.5. The number of carbonyl (C=O) groups is 3. The van der Waals surface area contributed by atoms with Crippen LogP contribution in [0.1, 0.15) is 34.0 Å². The molecule has 1 aliphatic rings. The molecule has 5 aromatic rings. The van der Waals surface area contributed by atoms with Crippen LogP contribution in [0.4, 0.5) is 5.69 Å². The number of benzene rings is 2. The number of hydrogen-bond acceptors (Lipinski definition) is 6. The first-order valence-electron chi connectivity index (χ1n) is 13.1. The molecule has 3 aromatic heterocycles. The molecule has 0 radical (unpaired) electrons. The van der Waals surface area contributed by atoms with Gasteiger partial charge in [-0.15, -0.1) is 5.10 Å². The van der Waals surface area contributed by atoms with Gasteiger partial charge >= 0.3 is 5.97 Å². The number of hydrogen-bond donors (Lipinski definition) is 2. The molecule has 2 aromatic carbocycles. The van der Waals surface area contributed by atoms with Crippen LogP contribution in [0.2, 0.25) is 5.02 Å². The summed E-state index contributed by atoms with van der Waals surface area (Å²) < 4.78 is 7.15. The van der Waals surface area contributed by atoms with Crippen molar-refractivity contribution in [3.8, 4) is 5.69 Å². The molecule has 1 aliphatic heterocycles. The Balaban J connectivity index is 1.28. The van der Waals surface area contributed by atoms with E-state index in [1.54, 1.807) is 71.9 Å². The molecular weight excluding hydrogens is 560 g/mol. The highest BCUT2D eigenvalue weighted by Gasteiger charge is 2.42. The second kappa shape index (κ2) is 11.0. The van der Waals surface area contributed by atoms with Crippen LogP contribution in [0.15, 0.2) is 83.8 Å². The van der Waals surface area contributed by atoms with Crippen molar-refractivity contribution in [3.63, 3.8) is 0 Å². The minimum Gasteiger partial charge on any atom is -0.475 e. The normalized spacial score (nSPS) is 16.9. The lowest BCUT2D eigenvalue weighted by Gasteiger charge is -2.27. The predicted molar refractivity (Wildman–Crippen MR) is 155 cm³/mol. The number of aryl methyl sites for hydroxylation is 1. The number of carbonyl (C=O) groups excluding carboxylic acids is 2. The number of carboxylic acid groups (broad SMARTS) is 1. The average molecular weight is 585 g/mol. The van der Waals surface area contributed by atoms with Crippen LogP contribution in [0.5, 0.6) is 0 Å². The van der Waals surface area contributed by atoms with Gasteiger partial charge in [-0.05, 0) is 72.7 Å². The van der Waals surface area contributed by atoms with Gasteiger partial charge < -0.3 is 19.7 Å². The fraction of sp³-hybridized carbons (Fsp3) is 0.167. The second-order valence-electron chi connectivity index (χ2n) is 9.91. The van der Waals surface area contributed by atoms with Gasteiger partial charge in [-0.25, -0.2) is 14.3 Å². The number of carboxylic acids is 1. The van der Waals surface area contributed by atoms with Gasteiger partial charge in [0.2, 0.25) is 17.6 Å². The van der Waals surface area contributed by atoms with Crippen LogP contribution in [0.3, 0.4) is 0 Å². The van der Waals surface area contributed by atoms with E-state index in [1.807, 2.05) is 22.9 Å². The third-order valence-corrected chi connectivity index (χ3v) is 7.60. The van der Waals surface area contributed by atoms with Gasteiger partial charge in [-0.2, -0.15) is 0 Å². The number of aromatic nitrogens is 4. The molecule has 0 bridgehead atoms. The Bertz CT molecular complexity index is 1840. The Labute approximate surface area is 244 Å². The summed E-state index contributed by atoms with van der Waals surface area (Å²) in [5.74, 6) is -2.31. The Hall–Kier alpha value is -5.16. The maximum atomic E-state index is 13.8. The summed E-state index contributed by atoms with van der Waals surface area (Å²) in [6.07, 6.45) is 8.71. The number of likely N-dealkylation sites (tertiary alicyclic amines) is 1. The lowest BCUT2D eigenvalue weighted by Crippen LogP contribution is -2.44. The number of halogens is 1. The number of anilines is 1. The molecular formula is C30H25ClN6O5. The molecule has 0 saturated carbocycles. The van der Waals surface area contributed by atoms with E-state index in [-0.39, 0.29) is 23.5 Å². The minimum atomic E-state index is -1.18. The number of aromatic carboxylic acids is 1. The monoisotopic (exact) mass is 584 g/mol. The first kappa shape index (κ1) is 27.0. The van der Waals surface area contributed by atoms with Crippen LogP contribution in [-0.2, 0) is 16.6 Å². The van der Waals surface area contributed by atoms with E-state index in [0.29, 0.717) is 40.2 Å². The van der Waals surface area contributed by atoms with Crippen molar-refractivity contribution in [3.05, 3.63) is 101 Å². The third-order valence-electron chi connectivity index (χ3n) is 7.36. The first-order valence-corrected chi connectivity index (χ1v) is 13.5. The Morgan fingerprint density at radius 3 is 2.62 bits per heavy atom. The van der Waals surface area contributed by atoms with E-state index < -0.39 is 12.0 Å². The minimum absolute atomic E-state index is 0.193. The zero-order chi connectivity index (χ0) is 29.4. The molecule has 212 valence electrons. The molecule has 6 rings (SSSR count). The molecule has 1 unspecified atom stereocenters. The maximum Gasteiger partial charge on any atom is 0.371 e. The van der Waals surface area contributed by atoms with Crippen molar-refractivity contribution >= 4 is 52.1 Å². The highest BCUT2D eigenvalue weighted by atomic mass is 35.5. The standard InChI is InChI=1S/C30H25ClN6O5/c1-35-33-17-37(35)24-5-3-21(31)14-19(24)2-7-27(38)36-13-10-23(18-8-11-32-12-9-18)28(36)29(39)34-22-4-6-25-20(15-22)16-26(42-25)30(40)41/h2-9,11-12,14-17,23,28H,10,13H2,1H3,(H,34,39)(H,40,41)/b7-2+/t23-,28?/m1/s1. The van der Waals surface area contributed by atoms with Crippen molar-refractivity contribution in [2.75, 3.05) is 11.9 Å². The molecule has 42 heavy (non-hydrogen) atoms. The van der Waals surface area contributed by atoms with Crippen molar-refractivity contribution in [2.24, 2.45) is 7.05 Å². The molecule has 0 aliphatic carbocycles. The van der Waals surface area contributed by atoms with Gasteiger partial charge in [0.15, 0.2) is 0 Å². The zero-order valence-corrected chi connectivity index (χ0v) is 23.1. The van der Waals surface area contributed by atoms with Gasteiger partial charge in [0.05, 0.1) is 5.69 Å². The molecule has 2 amide bonds. The maximum absolute atomic E-state index is 13.8. The Morgan fingerprint density at radius 1 is 1.10 bits per heavy atom. The smallest absolute Gasteiger partial charge is 0.371 e. The first-order chi connectivity index (χ1) is 20.3. The molecule has 12 heteroatoms. The molecule has 0 spiro atoms. The number of rotatable bonds is 7. The largest absolute Gasteiger partial charge is 0.475 e. The van der Waals surface area contributed by atoms with Gasteiger partial charge in [0.1, 0.15) is 18.0 Å². The summed E-state index contributed by atoms with van der Waals surface area (Å²) >= 11 is 6.26. The van der Waals surface area contributed by atoms with E-state index in [2.05, 4.69) is 15.4 Å². The van der Waals surface area contributed by atoms with Crippen molar-refractivity contribution in [1.29, 1.82) is 0 Å². The lowest BCUT2D eigenvalue weighted by molar-refractivity contribution is -0.133. The molecule has 1 saturated heterocycles. The van der Waals surface area contributed by atoms with Gasteiger partial charge in [-0.3, -0.25) is 14.6 Å². The molecule has 2 N–H and O–H groups in total. The van der Waals surface area contributed by atoms with E-state index in [1.165, 1.54) is 12.1 Å². The molecule has 1 fully saturated rings. The number of amides is 2. The van der Waals surface area contributed by atoms with Crippen molar-refractivity contribution < 1.29 is 23.9 Å². The van der Waals surface area contributed by atoms with E-state index in [0.717, 1.165) is 11.3 Å². The van der Waals surface area contributed by atoms with Crippen LogP contribution < -0.4 is 5.32 Å². The van der Waals surface area contributed by atoms with Crippen molar-refractivity contribution in [1.82, 2.24) is 24.5 Å². The quantitative estimate of drug-likeness (QED) is 0.264. The van der Waals surface area contributed by atoms with Crippen molar-refractivity contribution in [2.45, 2.75) is 18.4 Å². The molecule has 4 heterocycles. The van der Waals surface area contributed by atoms with Crippen LogP contribution >= 0.6 is 11.6 Å². The molecule has 11 nitrogen and oxygen atoms in total. The topological polar surface area (TPSA) is 135 Å². The summed E-state index contributed by atoms with van der Waals surface area (Å²) in [5, 5.41) is 17.3. The third kappa shape index (κ3) is 5.17. The Morgan fingerprint density at radius 2 is 1.90 bits per heavy atom. The highest BCUT2D eigenvalue weighted by Crippen LogP contribution is 2.35. The van der Waals surface area contributed by atoms with E-state index in [9.17, 15) is 19.5 Å². The van der Waals surface area contributed by atoms with Gasteiger partial charge in [0, 0.05) is 59.6 Å². The number of nitrogens with one attached hydrogen (secondary N) is 1. The van der Waals surface area contributed by atoms with Crippen LogP contribution in [0, 0.1) is 0 Å². The second-order valence-corrected chi connectivity index (χ2v) is 10.3. The average Bonchev–Trinajstić information content (AvgIpc) is 3.62. The molecule has 2 atom stereocenters. The summed E-state index contributed by atoms with van der Waals surface area (Å²) in [5.41, 5.74) is 3.26. The predicted octanol–water partition coefficient (Wildman–Crippen LogP) is 4.74. The number of nitrogens with zero attached hydrogens (tertiary/aromatic N) is 5. The van der Waals surface area contributed by atoms with Crippen LogP contribution in [0.25, 0.3) is 22.7 Å². The van der Waals surface area contributed by atoms with E-state index >= 15 is 0 Å². The summed E-state index contributed by atoms with van der Waals surface area (Å²) in [4.78, 5) is 46.0.